The van der Waals surface area contributed by atoms with Gasteiger partial charge in [0.15, 0.2) is 0 Å². The summed E-state index contributed by atoms with van der Waals surface area (Å²) in [5.74, 6) is -0.301. The molecule has 0 spiro atoms. The summed E-state index contributed by atoms with van der Waals surface area (Å²) in [6.07, 6.45) is 0.183. The zero-order valence-corrected chi connectivity index (χ0v) is 24.4. The van der Waals surface area contributed by atoms with Crippen LogP contribution in [0.3, 0.4) is 0 Å². The van der Waals surface area contributed by atoms with Crippen molar-refractivity contribution in [3.8, 4) is 22.6 Å². The minimum absolute atomic E-state index is 0.0961. The minimum atomic E-state index is -5.00. The monoisotopic (exact) mass is 563 g/mol. The molecule has 8 nitrogen and oxygen atoms in total. The van der Waals surface area contributed by atoms with Gasteiger partial charge in [0.25, 0.3) is 5.56 Å². The van der Waals surface area contributed by atoms with E-state index in [-0.39, 0.29) is 46.3 Å². The number of nitrogens with one attached hydrogen (secondary N) is 1. The lowest BCUT2D eigenvalue weighted by molar-refractivity contribution is -0.274. The van der Waals surface area contributed by atoms with Gasteiger partial charge >= 0.3 is 6.36 Å². The van der Waals surface area contributed by atoms with E-state index < -0.39 is 17.9 Å². The third-order valence-electron chi connectivity index (χ3n) is 6.81. The normalized spacial score (nSPS) is 17.9. The van der Waals surface area contributed by atoms with Crippen molar-refractivity contribution in [1.29, 1.82) is 0 Å². The third-order valence-corrected chi connectivity index (χ3v) is 6.81. The second-order valence-electron chi connectivity index (χ2n) is 12.1. The van der Waals surface area contributed by atoms with E-state index in [1.165, 1.54) is 22.9 Å². The Bertz CT molecular complexity index is 1310. The SMILES string of the molecule is CC(C)/C=C(\N=NCc1c(O)cc(-c2ccn(C)c(=O)c2)cc1OC(F)(F)F)N(C)C1CC(C)(C)NC(C)(C)C1. The summed E-state index contributed by atoms with van der Waals surface area (Å²) < 4.78 is 45.5. The van der Waals surface area contributed by atoms with E-state index >= 15 is 0 Å². The molecule has 0 atom stereocenters. The first-order valence-electron chi connectivity index (χ1n) is 13.3. The van der Waals surface area contributed by atoms with Crippen LogP contribution in [0, 0.1) is 5.92 Å². The largest absolute Gasteiger partial charge is 0.573 e. The van der Waals surface area contributed by atoms with E-state index in [0.29, 0.717) is 11.4 Å². The fourth-order valence-corrected chi connectivity index (χ4v) is 5.33. The lowest BCUT2D eigenvalue weighted by atomic mass is 9.79. The van der Waals surface area contributed by atoms with Gasteiger partial charge < -0.3 is 24.6 Å². The summed E-state index contributed by atoms with van der Waals surface area (Å²) in [6.45, 7) is 12.3. The highest BCUT2D eigenvalue weighted by molar-refractivity contribution is 5.68. The fourth-order valence-electron chi connectivity index (χ4n) is 5.33. The van der Waals surface area contributed by atoms with E-state index in [2.05, 4.69) is 52.9 Å². The average molecular weight is 564 g/mol. The van der Waals surface area contributed by atoms with Crippen molar-refractivity contribution in [3.05, 3.63) is 58.3 Å². The second kappa shape index (κ2) is 11.6. The molecule has 1 aromatic heterocycles. The maximum Gasteiger partial charge on any atom is 0.573 e. The van der Waals surface area contributed by atoms with Gasteiger partial charge in [0, 0.05) is 43.5 Å². The highest BCUT2D eigenvalue weighted by Gasteiger charge is 2.39. The quantitative estimate of drug-likeness (QED) is 0.366. The Morgan fingerprint density at radius 3 is 2.38 bits per heavy atom. The molecule has 1 fully saturated rings. The second-order valence-corrected chi connectivity index (χ2v) is 12.1. The number of phenolic OH excluding ortho intramolecular Hbond substituents is 1. The molecule has 220 valence electrons. The standard InChI is InChI=1S/C29H40F3N5O3/c1-18(2)11-25(37(8)21-15-27(3,4)35-28(5,6)16-21)34-33-17-22-23(38)12-20(13-24(22)40-29(30,31)32)19-9-10-36(7)26(39)14-19/h9-14,18,21,35,38H,15-17H2,1-8H3/b25-11+,34-33?. The predicted octanol–water partition coefficient (Wildman–Crippen LogP) is 6.35. The summed E-state index contributed by atoms with van der Waals surface area (Å²) in [4.78, 5) is 14.1. The molecule has 2 heterocycles. The number of aromatic nitrogens is 1. The summed E-state index contributed by atoms with van der Waals surface area (Å²) in [7, 11) is 3.51. The molecule has 1 aliphatic rings. The number of alkyl halides is 3. The van der Waals surface area contributed by atoms with E-state index in [9.17, 15) is 23.1 Å². The summed E-state index contributed by atoms with van der Waals surface area (Å²) >= 11 is 0. The number of hydrogen-bond acceptors (Lipinski definition) is 7. The van der Waals surface area contributed by atoms with Gasteiger partial charge in [-0.1, -0.05) is 13.8 Å². The highest BCUT2D eigenvalue weighted by Crippen LogP contribution is 2.38. The molecule has 0 amide bonds. The zero-order valence-electron chi connectivity index (χ0n) is 24.4. The number of hydrogen-bond donors (Lipinski definition) is 2. The number of aryl methyl sites for hydroxylation is 1. The van der Waals surface area contributed by atoms with E-state index in [1.807, 2.05) is 27.0 Å². The molecule has 1 saturated heterocycles. The van der Waals surface area contributed by atoms with Gasteiger partial charge in [-0.3, -0.25) is 4.79 Å². The van der Waals surface area contributed by atoms with Crippen molar-refractivity contribution in [3.63, 3.8) is 0 Å². The van der Waals surface area contributed by atoms with Crippen LogP contribution >= 0.6 is 0 Å². The van der Waals surface area contributed by atoms with E-state index in [0.717, 1.165) is 18.9 Å². The van der Waals surface area contributed by atoms with Crippen molar-refractivity contribution >= 4 is 0 Å². The maximum atomic E-state index is 13.3. The van der Waals surface area contributed by atoms with Crippen molar-refractivity contribution < 1.29 is 23.0 Å². The smallest absolute Gasteiger partial charge is 0.507 e. The first kappa shape index (κ1) is 31.2. The molecule has 0 radical (unpaired) electrons. The van der Waals surface area contributed by atoms with Crippen LogP contribution in [0.5, 0.6) is 11.5 Å². The third kappa shape index (κ3) is 8.33. The van der Waals surface area contributed by atoms with Crippen LogP contribution in [0.25, 0.3) is 11.1 Å². The maximum absolute atomic E-state index is 13.3. The van der Waals surface area contributed by atoms with Crippen LogP contribution in [0.4, 0.5) is 13.2 Å². The van der Waals surface area contributed by atoms with Crippen LogP contribution in [0.2, 0.25) is 0 Å². The minimum Gasteiger partial charge on any atom is -0.507 e. The molecule has 0 unspecified atom stereocenters. The fraction of sp³-hybridized carbons (Fsp3) is 0.552. The molecule has 0 aliphatic carbocycles. The number of pyridine rings is 1. The van der Waals surface area contributed by atoms with Gasteiger partial charge in [-0.25, -0.2) is 0 Å². The number of rotatable bonds is 8. The summed E-state index contributed by atoms with van der Waals surface area (Å²) in [6, 6.07) is 5.43. The topological polar surface area (TPSA) is 91.5 Å². The Labute approximate surface area is 233 Å². The molecule has 1 aliphatic heterocycles. The molecule has 3 rings (SSSR count). The molecule has 0 bridgehead atoms. The number of halogens is 3. The molecule has 11 heteroatoms. The number of ether oxygens (including phenoxy) is 1. The van der Waals surface area contributed by atoms with Crippen LogP contribution in [-0.4, -0.2) is 45.1 Å². The number of benzene rings is 1. The Morgan fingerprint density at radius 2 is 1.82 bits per heavy atom. The Balaban J connectivity index is 1.94. The average Bonchev–Trinajstić information content (AvgIpc) is 2.77. The zero-order chi connectivity index (χ0) is 30.0. The molecule has 1 aromatic carbocycles. The predicted molar refractivity (Wildman–Crippen MR) is 149 cm³/mol. The van der Waals surface area contributed by atoms with Gasteiger partial charge in [-0.2, -0.15) is 5.11 Å². The Morgan fingerprint density at radius 1 is 1.20 bits per heavy atom. The number of azo groups is 1. The van der Waals surface area contributed by atoms with Crippen LogP contribution < -0.4 is 15.6 Å². The molecular formula is C29H40F3N5O3. The Kier molecular flexibility index (Phi) is 9.08. The number of allylic oxidation sites excluding steroid dienone is 1. The van der Waals surface area contributed by atoms with Gasteiger partial charge in [-0.05, 0) is 81.9 Å². The van der Waals surface area contributed by atoms with Crippen LogP contribution in [0.15, 0.2) is 57.4 Å². The van der Waals surface area contributed by atoms with Gasteiger partial charge in [-0.15, -0.1) is 18.3 Å². The van der Waals surface area contributed by atoms with E-state index in [1.54, 1.807) is 13.1 Å². The summed E-state index contributed by atoms with van der Waals surface area (Å²) in [5.41, 5.74) is -0.157. The van der Waals surface area contributed by atoms with Crippen LogP contribution in [-0.2, 0) is 13.6 Å². The van der Waals surface area contributed by atoms with Crippen molar-refractivity contribution in [2.24, 2.45) is 23.2 Å². The molecule has 0 saturated carbocycles. The van der Waals surface area contributed by atoms with Crippen molar-refractivity contribution in [2.45, 2.75) is 84.4 Å². The first-order valence-corrected chi connectivity index (χ1v) is 13.3. The molecule has 2 N–H and O–H groups in total. The van der Waals surface area contributed by atoms with Crippen molar-refractivity contribution in [1.82, 2.24) is 14.8 Å². The number of piperidine rings is 1. The van der Waals surface area contributed by atoms with Gasteiger partial charge in [0.1, 0.15) is 17.3 Å². The lowest BCUT2D eigenvalue weighted by Gasteiger charge is -2.49. The first-order chi connectivity index (χ1) is 18.4. The molecular weight excluding hydrogens is 523 g/mol. The molecule has 40 heavy (non-hydrogen) atoms. The highest BCUT2D eigenvalue weighted by atomic mass is 19.4. The van der Waals surface area contributed by atoms with Gasteiger partial charge in [0.05, 0.1) is 12.1 Å². The molecule has 2 aromatic rings. The number of aromatic hydroxyl groups is 1. The van der Waals surface area contributed by atoms with Crippen molar-refractivity contribution in [2.75, 3.05) is 7.05 Å². The Hall–Kier alpha value is -3.34. The number of nitrogens with zero attached hydrogens (tertiary/aromatic N) is 4. The van der Waals surface area contributed by atoms with Crippen LogP contribution in [0.1, 0.15) is 59.9 Å². The van der Waals surface area contributed by atoms with Gasteiger partial charge in [0.2, 0.25) is 0 Å². The lowest BCUT2D eigenvalue weighted by Crippen LogP contribution is -2.61. The summed E-state index contributed by atoms with van der Waals surface area (Å²) in [5, 5.41) is 23.0. The number of phenols is 1. The van der Waals surface area contributed by atoms with E-state index in [4.69, 9.17) is 0 Å².